The third-order valence-electron chi connectivity index (χ3n) is 8.64. The molecule has 0 spiro atoms. The Morgan fingerprint density at radius 3 is 2.38 bits per heavy atom. The topological polar surface area (TPSA) is 83.8 Å². The number of rotatable bonds is 6. The highest BCUT2D eigenvalue weighted by Gasteiger charge is 2.26. The minimum atomic E-state index is -0.682. The zero-order valence-electron chi connectivity index (χ0n) is 28.3. The molecule has 0 N–H and O–H groups in total. The zero-order valence-corrected chi connectivity index (χ0v) is 28.3. The van der Waals surface area contributed by atoms with Crippen molar-refractivity contribution in [3.63, 3.8) is 0 Å². The monoisotopic (exact) mass is 610 g/mol. The van der Waals surface area contributed by atoms with Gasteiger partial charge in [-0.3, -0.25) is 4.79 Å². The largest absolute Gasteiger partial charge is 0.443 e. The third kappa shape index (κ3) is 6.59. The molecule has 1 aliphatic rings. The summed E-state index contributed by atoms with van der Waals surface area (Å²) in [5, 5.41) is 0. The lowest BCUT2D eigenvalue weighted by Gasteiger charge is -2.27. The predicted molar refractivity (Wildman–Crippen MR) is 181 cm³/mol. The van der Waals surface area contributed by atoms with Crippen molar-refractivity contribution in [3.05, 3.63) is 65.5 Å². The molecule has 45 heavy (non-hydrogen) atoms. The van der Waals surface area contributed by atoms with E-state index in [9.17, 15) is 9.59 Å². The number of benzene rings is 2. The molecule has 4 aromatic rings. The van der Waals surface area contributed by atoms with E-state index >= 15 is 0 Å². The Bertz CT molecular complexity index is 1750. The number of hydrogen-bond acceptors (Lipinski definition) is 7. The maximum atomic E-state index is 13.4. The minimum absolute atomic E-state index is 0.0627. The van der Waals surface area contributed by atoms with Crippen LogP contribution in [0, 0.1) is 6.92 Å². The van der Waals surface area contributed by atoms with Gasteiger partial charge < -0.3 is 19.4 Å². The van der Waals surface area contributed by atoms with Crippen molar-refractivity contribution < 1.29 is 14.3 Å². The summed E-state index contributed by atoms with van der Waals surface area (Å²) >= 11 is 0. The van der Waals surface area contributed by atoms with Gasteiger partial charge in [0.25, 0.3) is 5.91 Å². The predicted octanol–water partition coefficient (Wildman–Crippen LogP) is 7.17. The van der Waals surface area contributed by atoms with Crippen LogP contribution in [0.1, 0.15) is 75.0 Å². The zero-order chi connectivity index (χ0) is 32.8. The standard InChI is InChI=1S/C36H46N6O3/c1-22-16-25(13-14-29(22)34(43)40(9)10)30-21-42(35(44)45-36(4,5)6)33-32(30)38-31(20-37-33)27-17-26(24(3)39(7)8)18-28(19-27)41-15-11-12-23(41)2/h13-14,16-21,23-24H,11-12,15H2,1-10H3/t23-,24?/m1/s1. The SMILES string of the molecule is Cc1cc(-c2cn(C(=O)OC(C)(C)C)c3ncc(-c4cc(C(C)N(C)C)cc(N5CCC[C@H]5C)c4)nc23)ccc1C(=O)N(C)C. The van der Waals surface area contributed by atoms with Crippen molar-refractivity contribution >= 4 is 28.9 Å². The number of fused-ring (bicyclic) bond motifs is 1. The van der Waals surface area contributed by atoms with Crippen LogP contribution in [0.15, 0.2) is 48.8 Å². The minimum Gasteiger partial charge on any atom is -0.443 e. The lowest BCUT2D eigenvalue weighted by molar-refractivity contribution is 0.0543. The van der Waals surface area contributed by atoms with Crippen molar-refractivity contribution in [3.8, 4) is 22.4 Å². The smallest absolute Gasteiger partial charge is 0.420 e. The molecular formula is C36H46N6O3. The van der Waals surface area contributed by atoms with Crippen molar-refractivity contribution in [2.75, 3.05) is 39.6 Å². The fourth-order valence-corrected chi connectivity index (χ4v) is 5.91. The Labute approximate surface area is 266 Å². The molecule has 2 atom stereocenters. The Kier molecular flexibility index (Phi) is 8.77. The van der Waals surface area contributed by atoms with Crippen molar-refractivity contribution in [2.24, 2.45) is 0 Å². The van der Waals surface area contributed by atoms with E-state index in [1.54, 1.807) is 31.4 Å². The molecule has 0 saturated carbocycles. The van der Waals surface area contributed by atoms with Crippen LogP contribution in [-0.4, -0.2) is 82.7 Å². The van der Waals surface area contributed by atoms with Gasteiger partial charge in [-0.25, -0.2) is 19.3 Å². The van der Waals surface area contributed by atoms with Crippen LogP contribution >= 0.6 is 0 Å². The van der Waals surface area contributed by atoms with Crippen LogP contribution in [0.5, 0.6) is 0 Å². The number of ether oxygens (including phenoxy) is 1. The molecule has 9 nitrogen and oxygen atoms in total. The average molecular weight is 611 g/mol. The van der Waals surface area contributed by atoms with E-state index in [1.165, 1.54) is 28.7 Å². The van der Waals surface area contributed by atoms with Gasteiger partial charge in [0.05, 0.1) is 11.9 Å². The van der Waals surface area contributed by atoms with Crippen LogP contribution in [-0.2, 0) is 4.74 Å². The maximum Gasteiger partial charge on any atom is 0.420 e. The first-order chi connectivity index (χ1) is 21.1. The summed E-state index contributed by atoms with van der Waals surface area (Å²) in [6, 6.07) is 13.1. The number of anilines is 1. The Balaban J connectivity index is 1.70. The van der Waals surface area contributed by atoms with Gasteiger partial charge in [0.1, 0.15) is 11.1 Å². The van der Waals surface area contributed by atoms with Gasteiger partial charge in [-0.2, -0.15) is 0 Å². The average Bonchev–Trinajstić information content (AvgIpc) is 3.58. The molecule has 2 aromatic heterocycles. The van der Waals surface area contributed by atoms with E-state index in [4.69, 9.17) is 14.7 Å². The van der Waals surface area contributed by atoms with Gasteiger partial charge >= 0.3 is 6.09 Å². The summed E-state index contributed by atoms with van der Waals surface area (Å²) < 4.78 is 7.17. The number of amides is 1. The highest BCUT2D eigenvalue weighted by Crippen LogP contribution is 2.36. The lowest BCUT2D eigenvalue weighted by Crippen LogP contribution is -2.27. The fourth-order valence-electron chi connectivity index (χ4n) is 5.91. The molecule has 1 unspecified atom stereocenters. The van der Waals surface area contributed by atoms with Crippen LogP contribution < -0.4 is 4.90 Å². The highest BCUT2D eigenvalue weighted by atomic mass is 16.6. The van der Waals surface area contributed by atoms with Crippen LogP contribution in [0.4, 0.5) is 10.5 Å². The van der Waals surface area contributed by atoms with E-state index in [-0.39, 0.29) is 11.9 Å². The molecule has 0 bridgehead atoms. The van der Waals surface area contributed by atoms with Crippen LogP contribution in [0.2, 0.25) is 0 Å². The molecule has 3 heterocycles. The van der Waals surface area contributed by atoms with Crippen molar-refractivity contribution in [1.82, 2.24) is 24.3 Å². The van der Waals surface area contributed by atoms with Crippen molar-refractivity contribution in [2.45, 2.75) is 72.1 Å². The molecular weight excluding hydrogens is 564 g/mol. The highest BCUT2D eigenvalue weighted by molar-refractivity contribution is 5.99. The van der Waals surface area contributed by atoms with E-state index in [1.807, 2.05) is 45.9 Å². The van der Waals surface area contributed by atoms with Gasteiger partial charge in [0.15, 0.2) is 5.65 Å². The number of aromatic nitrogens is 3. The van der Waals surface area contributed by atoms with Gasteiger partial charge in [0.2, 0.25) is 0 Å². The maximum absolute atomic E-state index is 13.4. The van der Waals surface area contributed by atoms with E-state index in [0.717, 1.165) is 34.5 Å². The lowest BCUT2D eigenvalue weighted by atomic mass is 9.99. The number of carbonyl (C=O) groups is 2. The molecule has 0 radical (unpaired) electrons. The molecule has 5 rings (SSSR count). The quantitative estimate of drug-likeness (QED) is 0.229. The van der Waals surface area contributed by atoms with Gasteiger partial charge in [-0.05, 0) is 109 Å². The molecule has 1 aliphatic heterocycles. The second-order valence-electron chi connectivity index (χ2n) is 13.7. The fraction of sp³-hybridized carbons (Fsp3) is 0.444. The molecule has 0 aliphatic carbocycles. The third-order valence-corrected chi connectivity index (χ3v) is 8.64. The van der Waals surface area contributed by atoms with E-state index in [0.29, 0.717) is 22.8 Å². The van der Waals surface area contributed by atoms with Crippen LogP contribution in [0.3, 0.4) is 0 Å². The van der Waals surface area contributed by atoms with E-state index in [2.05, 4.69) is 55.9 Å². The second kappa shape index (κ2) is 12.3. The molecule has 1 saturated heterocycles. The summed E-state index contributed by atoms with van der Waals surface area (Å²) in [6.45, 7) is 13.0. The first kappa shape index (κ1) is 32.2. The normalized spacial score (nSPS) is 16.0. The van der Waals surface area contributed by atoms with Gasteiger partial charge in [-0.15, -0.1) is 0 Å². The second-order valence-corrected chi connectivity index (χ2v) is 13.7. The Morgan fingerprint density at radius 2 is 1.78 bits per heavy atom. The summed E-state index contributed by atoms with van der Waals surface area (Å²) in [5.74, 6) is -0.0627. The number of carbonyl (C=O) groups excluding carboxylic acids is 2. The van der Waals surface area contributed by atoms with Gasteiger partial charge in [0, 0.05) is 61.3 Å². The molecule has 1 fully saturated rings. The van der Waals surface area contributed by atoms with Gasteiger partial charge in [-0.1, -0.05) is 12.1 Å². The number of hydrogen-bond donors (Lipinski definition) is 0. The Hall–Kier alpha value is -4.24. The first-order valence-electron chi connectivity index (χ1n) is 15.7. The molecule has 1 amide bonds. The first-order valence-corrected chi connectivity index (χ1v) is 15.7. The van der Waals surface area contributed by atoms with E-state index < -0.39 is 11.7 Å². The molecule has 2 aromatic carbocycles. The van der Waals surface area contributed by atoms with Crippen molar-refractivity contribution in [1.29, 1.82) is 0 Å². The number of nitrogens with zero attached hydrogens (tertiary/aromatic N) is 6. The summed E-state index contributed by atoms with van der Waals surface area (Å²) in [7, 11) is 7.66. The van der Waals surface area contributed by atoms with Crippen LogP contribution in [0.25, 0.3) is 33.5 Å². The summed E-state index contributed by atoms with van der Waals surface area (Å²) in [5.41, 5.74) is 7.46. The Morgan fingerprint density at radius 1 is 1.04 bits per heavy atom. The summed E-state index contributed by atoms with van der Waals surface area (Å²) in [6.07, 6.45) is 5.31. The molecule has 9 heteroatoms. The number of aryl methyl sites for hydroxylation is 1. The summed E-state index contributed by atoms with van der Waals surface area (Å²) in [4.78, 5) is 42.4. The molecule has 238 valence electrons.